The van der Waals surface area contributed by atoms with Gasteiger partial charge in [-0.2, -0.15) is 5.26 Å². The Balaban J connectivity index is 2.18. The Morgan fingerprint density at radius 1 is 1.37 bits per heavy atom. The Morgan fingerprint density at radius 2 is 2.21 bits per heavy atom. The van der Waals surface area contributed by atoms with E-state index in [1.807, 2.05) is 18.2 Å². The summed E-state index contributed by atoms with van der Waals surface area (Å²) in [5, 5.41) is 9.34. The first-order valence-electron chi connectivity index (χ1n) is 5.82. The first-order valence-corrected chi connectivity index (χ1v) is 5.82. The van der Waals surface area contributed by atoms with Gasteiger partial charge in [0.25, 0.3) is 0 Å². The number of H-pyrrole nitrogens is 1. The second kappa shape index (κ2) is 4.18. The first-order chi connectivity index (χ1) is 9.20. The van der Waals surface area contributed by atoms with Crippen LogP contribution in [0.3, 0.4) is 0 Å². The average Bonchev–Trinajstić information content (AvgIpc) is 3.02. The van der Waals surface area contributed by atoms with E-state index in [4.69, 9.17) is 4.42 Å². The van der Waals surface area contributed by atoms with Crippen LogP contribution in [0, 0.1) is 11.3 Å². The molecule has 0 aliphatic carbocycles. The van der Waals surface area contributed by atoms with E-state index in [1.165, 1.54) is 4.57 Å². The standard InChI is InChI=1S/C14H11N3O2/c1-17-12-6-9(2-3-13(12)19-14(17)18)11(7-15)10-4-5-16-8-10/h2-6,8,11,16H,1H3. The number of aromatic nitrogens is 2. The molecule has 0 saturated heterocycles. The van der Waals surface area contributed by atoms with Gasteiger partial charge in [0.2, 0.25) is 0 Å². The molecule has 1 aromatic carbocycles. The largest absolute Gasteiger partial charge is 0.419 e. The van der Waals surface area contributed by atoms with Gasteiger partial charge >= 0.3 is 5.76 Å². The topological polar surface area (TPSA) is 74.7 Å². The number of nitrogens with zero attached hydrogens (tertiary/aromatic N) is 2. The third-order valence-electron chi connectivity index (χ3n) is 3.23. The van der Waals surface area contributed by atoms with Gasteiger partial charge in [0.15, 0.2) is 5.58 Å². The van der Waals surface area contributed by atoms with Gasteiger partial charge in [0, 0.05) is 19.4 Å². The monoisotopic (exact) mass is 253 g/mol. The summed E-state index contributed by atoms with van der Waals surface area (Å²) in [5.74, 6) is -0.761. The van der Waals surface area contributed by atoms with Gasteiger partial charge in [0.1, 0.15) is 0 Å². The minimum absolute atomic E-state index is 0.361. The number of hydrogen-bond acceptors (Lipinski definition) is 3. The van der Waals surface area contributed by atoms with Crippen LogP contribution in [0.4, 0.5) is 0 Å². The second-order valence-electron chi connectivity index (χ2n) is 4.36. The number of rotatable bonds is 2. The maximum Gasteiger partial charge on any atom is 0.419 e. The summed E-state index contributed by atoms with van der Waals surface area (Å²) >= 11 is 0. The lowest BCUT2D eigenvalue weighted by molar-refractivity contribution is 0.528. The fraction of sp³-hybridized carbons (Fsp3) is 0.143. The summed E-state index contributed by atoms with van der Waals surface area (Å²) in [4.78, 5) is 14.4. The molecule has 94 valence electrons. The van der Waals surface area contributed by atoms with Gasteiger partial charge < -0.3 is 9.40 Å². The van der Waals surface area contributed by atoms with Gasteiger partial charge in [-0.05, 0) is 29.3 Å². The summed E-state index contributed by atoms with van der Waals surface area (Å²) < 4.78 is 6.51. The van der Waals surface area contributed by atoms with Gasteiger partial charge in [-0.1, -0.05) is 6.07 Å². The van der Waals surface area contributed by atoms with Crippen LogP contribution in [0.5, 0.6) is 0 Å². The summed E-state index contributed by atoms with van der Waals surface area (Å²) in [7, 11) is 1.65. The van der Waals surface area contributed by atoms with Crippen molar-refractivity contribution >= 4 is 11.1 Å². The quantitative estimate of drug-likeness (QED) is 0.760. The normalized spacial score (nSPS) is 12.4. The highest BCUT2D eigenvalue weighted by molar-refractivity contribution is 5.74. The van der Waals surface area contributed by atoms with Crippen LogP contribution in [-0.4, -0.2) is 9.55 Å². The SMILES string of the molecule is Cn1c(=O)oc2ccc(C(C#N)c3cc[nH]c3)cc21. The average molecular weight is 253 g/mol. The molecule has 0 spiro atoms. The lowest BCUT2D eigenvalue weighted by atomic mass is 9.94. The van der Waals surface area contributed by atoms with Crippen LogP contribution >= 0.6 is 0 Å². The van der Waals surface area contributed by atoms with Crippen LogP contribution in [0.1, 0.15) is 17.0 Å². The van der Waals surface area contributed by atoms with Crippen molar-refractivity contribution < 1.29 is 4.42 Å². The molecule has 0 bridgehead atoms. The number of nitrogens with one attached hydrogen (secondary N) is 1. The first kappa shape index (κ1) is 11.4. The maximum absolute atomic E-state index is 11.4. The minimum Gasteiger partial charge on any atom is -0.408 e. The number of aromatic amines is 1. The molecule has 3 aromatic rings. The predicted octanol–water partition coefficient (Wildman–Crippen LogP) is 2.12. The number of benzene rings is 1. The van der Waals surface area contributed by atoms with Crippen molar-refractivity contribution in [1.29, 1.82) is 5.26 Å². The van der Waals surface area contributed by atoms with E-state index in [0.29, 0.717) is 11.1 Å². The summed E-state index contributed by atoms with van der Waals surface area (Å²) in [6.45, 7) is 0. The third-order valence-corrected chi connectivity index (χ3v) is 3.23. The van der Waals surface area contributed by atoms with Gasteiger partial charge in [-0.25, -0.2) is 4.79 Å². The molecule has 0 aliphatic heterocycles. The van der Waals surface area contributed by atoms with Crippen molar-refractivity contribution in [1.82, 2.24) is 9.55 Å². The molecule has 0 radical (unpaired) electrons. The highest BCUT2D eigenvalue weighted by atomic mass is 16.4. The summed E-state index contributed by atoms with van der Waals surface area (Å²) in [5.41, 5.74) is 2.96. The summed E-state index contributed by atoms with van der Waals surface area (Å²) in [6, 6.07) is 9.50. The van der Waals surface area contributed by atoms with E-state index in [2.05, 4.69) is 11.1 Å². The molecule has 3 rings (SSSR count). The van der Waals surface area contributed by atoms with E-state index < -0.39 is 5.76 Å². The van der Waals surface area contributed by atoms with Crippen molar-refractivity contribution in [2.75, 3.05) is 0 Å². The number of hydrogen-bond donors (Lipinski definition) is 1. The lowest BCUT2D eigenvalue weighted by Gasteiger charge is -2.07. The number of oxazole rings is 1. The van der Waals surface area contributed by atoms with Crippen molar-refractivity contribution in [3.8, 4) is 6.07 Å². The van der Waals surface area contributed by atoms with E-state index in [0.717, 1.165) is 11.1 Å². The zero-order valence-corrected chi connectivity index (χ0v) is 10.3. The minimum atomic E-state index is -0.401. The molecule has 5 heteroatoms. The Morgan fingerprint density at radius 3 is 2.89 bits per heavy atom. The molecule has 0 amide bonds. The van der Waals surface area contributed by atoms with Crippen LogP contribution in [0.15, 0.2) is 45.9 Å². The van der Waals surface area contributed by atoms with Gasteiger partial charge in [-0.3, -0.25) is 4.57 Å². The van der Waals surface area contributed by atoms with Crippen molar-refractivity contribution in [2.24, 2.45) is 7.05 Å². The molecule has 2 aromatic heterocycles. The fourth-order valence-corrected chi connectivity index (χ4v) is 2.18. The fourth-order valence-electron chi connectivity index (χ4n) is 2.18. The lowest BCUT2D eigenvalue weighted by Crippen LogP contribution is -2.08. The molecule has 1 unspecified atom stereocenters. The van der Waals surface area contributed by atoms with Crippen molar-refractivity contribution in [3.63, 3.8) is 0 Å². The molecule has 0 aliphatic rings. The van der Waals surface area contributed by atoms with E-state index in [1.54, 1.807) is 25.5 Å². The predicted molar refractivity (Wildman–Crippen MR) is 69.7 cm³/mol. The molecule has 1 atom stereocenters. The molecular formula is C14H11N3O2. The van der Waals surface area contributed by atoms with Crippen LogP contribution in [0.25, 0.3) is 11.1 Å². The van der Waals surface area contributed by atoms with Crippen LogP contribution < -0.4 is 5.76 Å². The van der Waals surface area contributed by atoms with E-state index >= 15 is 0 Å². The Kier molecular flexibility index (Phi) is 2.50. The van der Waals surface area contributed by atoms with E-state index in [9.17, 15) is 10.1 Å². The molecule has 1 N–H and O–H groups in total. The smallest absolute Gasteiger partial charge is 0.408 e. The highest BCUT2D eigenvalue weighted by Gasteiger charge is 2.16. The molecule has 0 fully saturated rings. The zero-order chi connectivity index (χ0) is 13.4. The molecule has 2 heterocycles. The summed E-state index contributed by atoms with van der Waals surface area (Å²) in [6.07, 6.45) is 3.58. The van der Waals surface area contributed by atoms with Crippen molar-refractivity contribution in [2.45, 2.75) is 5.92 Å². The van der Waals surface area contributed by atoms with Crippen LogP contribution in [0.2, 0.25) is 0 Å². The second-order valence-corrected chi connectivity index (χ2v) is 4.36. The number of aryl methyl sites for hydroxylation is 1. The molecule has 5 nitrogen and oxygen atoms in total. The zero-order valence-electron chi connectivity index (χ0n) is 10.3. The maximum atomic E-state index is 11.4. The van der Waals surface area contributed by atoms with Crippen LogP contribution in [-0.2, 0) is 7.05 Å². The van der Waals surface area contributed by atoms with Gasteiger partial charge in [-0.15, -0.1) is 0 Å². The molecular weight excluding hydrogens is 242 g/mol. The van der Waals surface area contributed by atoms with E-state index in [-0.39, 0.29) is 5.92 Å². The highest BCUT2D eigenvalue weighted by Crippen LogP contribution is 2.26. The molecule has 0 saturated carbocycles. The molecule has 19 heavy (non-hydrogen) atoms. The number of nitriles is 1. The van der Waals surface area contributed by atoms with Gasteiger partial charge in [0.05, 0.1) is 17.5 Å². The Labute approximate surface area is 108 Å². The third kappa shape index (κ3) is 1.74. The Hall–Kier alpha value is -2.74. The number of fused-ring (bicyclic) bond motifs is 1. The van der Waals surface area contributed by atoms with Crippen molar-refractivity contribution in [3.05, 3.63) is 58.3 Å². The Bertz CT molecular complexity index is 819.